The molecule has 0 amide bonds. The molecule has 6 nitrogen and oxygen atoms in total. The molecule has 2 fully saturated rings. The summed E-state index contributed by atoms with van der Waals surface area (Å²) in [4.78, 5) is 11.7. The Bertz CT molecular complexity index is 1290. The van der Waals surface area contributed by atoms with E-state index in [0.29, 0.717) is 18.5 Å². The Morgan fingerprint density at radius 2 is 1.66 bits per heavy atom. The normalized spacial score (nSPS) is 20.9. The molecule has 0 unspecified atom stereocenters. The predicted molar refractivity (Wildman–Crippen MR) is 140 cm³/mol. The lowest BCUT2D eigenvalue weighted by molar-refractivity contribution is 0.167. The first kappa shape index (κ1) is 22.1. The molecule has 6 rings (SSSR count). The van der Waals surface area contributed by atoms with E-state index in [-0.39, 0.29) is 0 Å². The monoisotopic (exact) mass is 467 g/mol. The second-order valence-electron chi connectivity index (χ2n) is 9.92. The molecule has 2 aromatic heterocycles. The number of likely N-dealkylation sites (tertiary alicyclic amines) is 1. The van der Waals surface area contributed by atoms with Gasteiger partial charge in [0.05, 0.1) is 5.39 Å². The van der Waals surface area contributed by atoms with E-state index in [9.17, 15) is 0 Å². The summed E-state index contributed by atoms with van der Waals surface area (Å²) in [6.45, 7) is 3.09. The molecular weight excluding hydrogens is 434 g/mol. The number of nitrogen functional groups attached to an aromatic ring is 1. The fourth-order valence-electron chi connectivity index (χ4n) is 5.91. The number of rotatable bonds is 6. The number of hydrogen-bond donors (Lipinski definition) is 1. The lowest BCUT2D eigenvalue weighted by Crippen LogP contribution is -2.36. The van der Waals surface area contributed by atoms with Gasteiger partial charge in [-0.05, 0) is 74.9 Å². The average Bonchev–Trinajstić information content (AvgIpc) is 3.58. The van der Waals surface area contributed by atoms with Crippen LogP contribution in [-0.4, -0.2) is 38.6 Å². The zero-order chi connectivity index (χ0) is 23.6. The maximum Gasteiger partial charge on any atom is 0.146 e. The number of anilines is 1. The third-order valence-electron chi connectivity index (χ3n) is 7.75. The highest BCUT2D eigenvalue weighted by molar-refractivity contribution is 6.00. The van der Waals surface area contributed by atoms with Crippen molar-refractivity contribution in [1.82, 2.24) is 19.4 Å². The van der Waals surface area contributed by atoms with Crippen molar-refractivity contribution in [3.05, 3.63) is 72.7 Å². The lowest BCUT2D eigenvalue weighted by Gasteiger charge is -2.35. The van der Waals surface area contributed by atoms with Crippen LogP contribution >= 0.6 is 0 Å². The molecule has 3 heterocycles. The van der Waals surface area contributed by atoms with Crippen molar-refractivity contribution in [3.8, 4) is 16.9 Å². The first-order chi connectivity index (χ1) is 17.3. The summed E-state index contributed by atoms with van der Waals surface area (Å²) in [5.74, 6) is 1.37. The third-order valence-corrected chi connectivity index (χ3v) is 7.75. The van der Waals surface area contributed by atoms with Crippen molar-refractivity contribution in [1.29, 1.82) is 0 Å². The molecule has 35 heavy (non-hydrogen) atoms. The van der Waals surface area contributed by atoms with E-state index in [1.54, 1.807) is 6.33 Å². The summed E-state index contributed by atoms with van der Waals surface area (Å²) in [5, 5.41) is 0.939. The van der Waals surface area contributed by atoms with Gasteiger partial charge >= 0.3 is 0 Å². The molecule has 1 aliphatic heterocycles. The Balaban J connectivity index is 1.28. The molecule has 2 aliphatic rings. The largest absolute Gasteiger partial charge is 0.489 e. The molecule has 0 radical (unpaired) electrons. The summed E-state index contributed by atoms with van der Waals surface area (Å²) in [7, 11) is 0. The Kier molecular flexibility index (Phi) is 6.13. The van der Waals surface area contributed by atoms with E-state index < -0.39 is 0 Å². The van der Waals surface area contributed by atoms with E-state index in [0.717, 1.165) is 39.5 Å². The highest BCUT2D eigenvalue weighted by Gasteiger charge is 2.29. The highest BCUT2D eigenvalue weighted by atomic mass is 16.5. The Morgan fingerprint density at radius 3 is 2.46 bits per heavy atom. The van der Waals surface area contributed by atoms with Crippen LogP contribution in [0, 0.1) is 0 Å². The number of ether oxygens (including phenoxy) is 1. The molecule has 2 N–H and O–H groups in total. The standard InChI is InChI=1S/C29H33N5O/c30-28-27-26(22-9-6-10-25(17-22)35-19-21-7-2-1-3-8-21)18-34(29(27)32-20-31-28)24-13-11-23(12-14-24)33-15-4-5-16-33/h1-3,6-10,17-18,20,23-24H,4-5,11-16,19H2,(H2,30,31,32)/t23-,24-. The smallest absolute Gasteiger partial charge is 0.146 e. The molecule has 6 heteroatoms. The molecule has 0 spiro atoms. The summed E-state index contributed by atoms with van der Waals surface area (Å²) in [6, 6.07) is 19.7. The van der Waals surface area contributed by atoms with Gasteiger partial charge in [0.2, 0.25) is 0 Å². The first-order valence-corrected chi connectivity index (χ1v) is 12.9. The van der Waals surface area contributed by atoms with Gasteiger partial charge in [-0.15, -0.1) is 0 Å². The molecule has 0 atom stereocenters. The molecule has 180 valence electrons. The first-order valence-electron chi connectivity index (χ1n) is 12.9. The van der Waals surface area contributed by atoms with Crippen LogP contribution in [-0.2, 0) is 6.61 Å². The SMILES string of the molecule is Nc1ncnc2c1c(-c1cccc(OCc3ccccc3)c1)cn2[C@H]1CC[C@H](N2CCCC2)CC1. The van der Waals surface area contributed by atoms with Gasteiger partial charge in [-0.25, -0.2) is 9.97 Å². The van der Waals surface area contributed by atoms with E-state index in [1.807, 2.05) is 30.3 Å². The molecular formula is C29H33N5O. The fourth-order valence-corrected chi connectivity index (χ4v) is 5.91. The maximum absolute atomic E-state index is 6.41. The molecule has 4 aromatic rings. The number of hydrogen-bond acceptors (Lipinski definition) is 5. The second-order valence-corrected chi connectivity index (χ2v) is 9.92. The zero-order valence-corrected chi connectivity index (χ0v) is 20.1. The summed E-state index contributed by atoms with van der Waals surface area (Å²) in [6.07, 6.45) is 11.4. The minimum Gasteiger partial charge on any atom is -0.489 e. The van der Waals surface area contributed by atoms with Gasteiger partial charge in [0.1, 0.15) is 30.1 Å². The van der Waals surface area contributed by atoms with Crippen molar-refractivity contribution < 1.29 is 4.74 Å². The summed E-state index contributed by atoms with van der Waals surface area (Å²) >= 11 is 0. The number of benzene rings is 2. The van der Waals surface area contributed by atoms with Crippen LogP contribution in [0.5, 0.6) is 5.75 Å². The van der Waals surface area contributed by atoms with Crippen LogP contribution in [0.25, 0.3) is 22.2 Å². The number of fused-ring (bicyclic) bond motifs is 1. The van der Waals surface area contributed by atoms with Crippen LogP contribution in [0.1, 0.15) is 50.1 Å². The predicted octanol–water partition coefficient (Wildman–Crippen LogP) is 5.84. The molecule has 1 saturated carbocycles. The van der Waals surface area contributed by atoms with E-state index in [1.165, 1.54) is 51.6 Å². The summed E-state index contributed by atoms with van der Waals surface area (Å²) < 4.78 is 8.47. The van der Waals surface area contributed by atoms with Crippen molar-refractivity contribution in [2.75, 3.05) is 18.8 Å². The van der Waals surface area contributed by atoms with Crippen LogP contribution < -0.4 is 10.5 Å². The van der Waals surface area contributed by atoms with Gasteiger partial charge in [-0.1, -0.05) is 42.5 Å². The van der Waals surface area contributed by atoms with E-state index >= 15 is 0 Å². The summed E-state index contributed by atoms with van der Waals surface area (Å²) in [5.41, 5.74) is 10.6. The quantitative estimate of drug-likeness (QED) is 0.386. The van der Waals surface area contributed by atoms with Crippen molar-refractivity contribution in [2.45, 2.75) is 57.2 Å². The minimum absolute atomic E-state index is 0.442. The van der Waals surface area contributed by atoms with Gasteiger partial charge in [0.15, 0.2) is 0 Å². The minimum atomic E-state index is 0.442. The second kappa shape index (κ2) is 9.70. The van der Waals surface area contributed by atoms with Gasteiger partial charge in [0.25, 0.3) is 0 Å². The van der Waals surface area contributed by atoms with Crippen LogP contribution in [0.2, 0.25) is 0 Å². The molecule has 0 bridgehead atoms. The van der Waals surface area contributed by atoms with Crippen molar-refractivity contribution in [2.24, 2.45) is 0 Å². The van der Waals surface area contributed by atoms with Gasteiger partial charge in [-0.2, -0.15) is 0 Å². The lowest BCUT2D eigenvalue weighted by atomic mass is 9.90. The van der Waals surface area contributed by atoms with Crippen molar-refractivity contribution in [3.63, 3.8) is 0 Å². The van der Waals surface area contributed by atoms with Crippen LogP contribution in [0.4, 0.5) is 5.82 Å². The average molecular weight is 468 g/mol. The van der Waals surface area contributed by atoms with Crippen LogP contribution in [0.15, 0.2) is 67.1 Å². The van der Waals surface area contributed by atoms with Crippen molar-refractivity contribution >= 4 is 16.9 Å². The van der Waals surface area contributed by atoms with Gasteiger partial charge < -0.3 is 19.9 Å². The topological polar surface area (TPSA) is 69.2 Å². The maximum atomic E-state index is 6.41. The number of nitrogens with two attached hydrogens (primary N) is 1. The number of aromatic nitrogens is 3. The highest BCUT2D eigenvalue weighted by Crippen LogP contribution is 2.39. The molecule has 1 saturated heterocycles. The van der Waals surface area contributed by atoms with E-state index in [2.05, 4.69) is 49.9 Å². The van der Waals surface area contributed by atoms with Gasteiger partial charge in [0, 0.05) is 23.8 Å². The third kappa shape index (κ3) is 4.50. The number of nitrogens with zero attached hydrogens (tertiary/aromatic N) is 4. The molecule has 1 aliphatic carbocycles. The Labute approximate surface area is 206 Å². The Morgan fingerprint density at radius 1 is 0.886 bits per heavy atom. The Hall–Kier alpha value is -3.38. The molecule has 2 aromatic carbocycles. The van der Waals surface area contributed by atoms with E-state index in [4.69, 9.17) is 10.5 Å². The fraction of sp³-hybridized carbons (Fsp3) is 0.379. The van der Waals surface area contributed by atoms with Crippen LogP contribution in [0.3, 0.4) is 0 Å². The van der Waals surface area contributed by atoms with Gasteiger partial charge in [-0.3, -0.25) is 0 Å². The zero-order valence-electron chi connectivity index (χ0n) is 20.1.